The zero-order chi connectivity index (χ0) is 10.4. The zero-order valence-electron chi connectivity index (χ0n) is 8.53. The van der Waals surface area contributed by atoms with Crippen LogP contribution in [0.25, 0.3) is 0 Å². The summed E-state index contributed by atoms with van der Waals surface area (Å²) in [4.78, 5) is 13.6. The van der Waals surface area contributed by atoms with Gasteiger partial charge in [0.25, 0.3) is 0 Å². The number of amides is 1. The molecule has 0 fully saturated rings. The van der Waals surface area contributed by atoms with Crippen molar-refractivity contribution >= 4 is 40.4 Å². The van der Waals surface area contributed by atoms with E-state index in [-0.39, 0.29) is 40.4 Å². The molecule has 0 bridgehead atoms. The molecule has 1 rings (SSSR count). The van der Waals surface area contributed by atoms with Crippen molar-refractivity contribution in [3.63, 3.8) is 0 Å². The molecule has 0 aromatic rings. The number of carbonyl (C=O) groups excluding carboxylic acids is 1. The third-order valence-electron chi connectivity index (χ3n) is 1.78. The fourth-order valence-corrected chi connectivity index (χ4v) is 11.0. The van der Waals surface area contributed by atoms with Crippen molar-refractivity contribution in [2.45, 2.75) is 16.9 Å². The van der Waals surface area contributed by atoms with Crippen LogP contribution in [-0.4, -0.2) is 35.5 Å². The van der Waals surface area contributed by atoms with Crippen LogP contribution in [0.15, 0.2) is 10.2 Å². The van der Waals surface area contributed by atoms with Gasteiger partial charge in [-0.15, -0.1) is 0 Å². The van der Waals surface area contributed by atoms with Crippen molar-refractivity contribution in [2.75, 3.05) is 20.6 Å². The quantitative estimate of drug-likeness (QED) is 0.414. The Kier molecular flexibility index (Phi) is 6.34. The fraction of sp³-hybridized carbons (Fsp3) is 0.667. The van der Waals surface area contributed by atoms with Gasteiger partial charge in [-0.25, -0.2) is 0 Å². The van der Waals surface area contributed by atoms with Crippen LogP contribution in [0.3, 0.4) is 0 Å². The molecule has 14 heavy (non-hydrogen) atoms. The van der Waals surface area contributed by atoms with Gasteiger partial charge in [0.15, 0.2) is 0 Å². The molecule has 1 amide bonds. The van der Waals surface area contributed by atoms with Gasteiger partial charge in [0.2, 0.25) is 0 Å². The maximum absolute atomic E-state index is 11.5. The molecule has 1 heterocycles. The number of nitrogens with one attached hydrogen (secondary N) is 1. The van der Waals surface area contributed by atoms with E-state index in [0.717, 1.165) is 13.0 Å². The summed E-state index contributed by atoms with van der Waals surface area (Å²) >= 11 is 0.342. The van der Waals surface area contributed by atoms with Crippen LogP contribution in [0.2, 0.25) is 0 Å². The molecular formula is C9H18I2N2O. The Morgan fingerprint density at radius 1 is 1.57 bits per heavy atom. The van der Waals surface area contributed by atoms with Crippen molar-refractivity contribution in [3.05, 3.63) is 10.2 Å². The number of alkyl halides is 1. The minimum absolute atomic E-state index is 0.125. The van der Waals surface area contributed by atoms with Crippen LogP contribution >= 0.6 is 34.5 Å². The van der Waals surface area contributed by atoms with Gasteiger partial charge in [0, 0.05) is 0 Å². The second kappa shape index (κ2) is 7.00. The normalized spacial score (nSPS) is 21.5. The van der Waals surface area contributed by atoms with Gasteiger partial charge in [-0.3, -0.25) is 0 Å². The van der Waals surface area contributed by atoms with Gasteiger partial charge < -0.3 is 0 Å². The number of hydrogen-bond donors (Lipinski definition) is 1. The van der Waals surface area contributed by atoms with Gasteiger partial charge in [-0.2, -0.15) is 0 Å². The summed E-state index contributed by atoms with van der Waals surface area (Å²) in [7, 11) is 4.07. The maximum atomic E-state index is 11.5. The third-order valence-corrected chi connectivity index (χ3v) is 12.5. The molecule has 1 aliphatic rings. The second-order valence-electron chi connectivity index (χ2n) is 3.42. The van der Waals surface area contributed by atoms with Crippen molar-refractivity contribution in [1.82, 2.24) is 10.2 Å². The standard InChI is InChI=1S/C9H18I2N2O/c1-13(2)7-3-4-9(14)12-8-5-6-10-11-8/h5-6,8,10-11H,3-4,7H2,1-2H3,(H,12,14). The van der Waals surface area contributed by atoms with Crippen LogP contribution in [0, 0.1) is 0 Å². The Morgan fingerprint density at radius 2 is 2.36 bits per heavy atom. The van der Waals surface area contributed by atoms with E-state index in [4.69, 9.17) is 0 Å². The van der Waals surface area contributed by atoms with E-state index in [0.29, 0.717) is 10.5 Å². The zero-order valence-corrected chi connectivity index (χ0v) is 13.2. The molecule has 1 aliphatic heterocycles. The van der Waals surface area contributed by atoms with E-state index in [1.54, 1.807) is 0 Å². The summed E-state index contributed by atoms with van der Waals surface area (Å²) in [6, 6.07) is 0. The van der Waals surface area contributed by atoms with Gasteiger partial charge in [0.1, 0.15) is 0 Å². The van der Waals surface area contributed by atoms with E-state index in [1.165, 1.54) is 0 Å². The van der Waals surface area contributed by atoms with Crippen molar-refractivity contribution < 1.29 is 4.79 Å². The molecule has 0 aromatic carbocycles. The Morgan fingerprint density at radius 3 is 2.93 bits per heavy atom. The van der Waals surface area contributed by atoms with E-state index in [2.05, 4.69) is 20.4 Å². The first-order valence-corrected chi connectivity index (χ1v) is 14.6. The van der Waals surface area contributed by atoms with Gasteiger partial charge in [0.05, 0.1) is 0 Å². The molecule has 0 saturated heterocycles. The first kappa shape index (κ1) is 12.7. The second-order valence-corrected chi connectivity index (χ2v) is 14.1. The summed E-state index contributed by atoms with van der Waals surface area (Å²) in [5.74, 6) is 0.237. The molecule has 0 aromatic heterocycles. The first-order chi connectivity index (χ1) is 6.68. The summed E-state index contributed by atoms with van der Waals surface area (Å²) in [6.45, 7) is 0.999. The van der Waals surface area contributed by atoms with Gasteiger partial charge in [-0.1, -0.05) is 0 Å². The molecule has 0 radical (unpaired) electrons. The van der Waals surface area contributed by atoms with Crippen LogP contribution in [0.1, 0.15) is 12.8 Å². The SMILES string of the molecule is CN(C)CCCC(=O)NC1C=C[IH][IH]1. The van der Waals surface area contributed by atoms with Gasteiger partial charge in [-0.05, 0) is 0 Å². The Balaban J connectivity index is 2.06. The number of rotatable bonds is 5. The summed E-state index contributed by atoms with van der Waals surface area (Å²) in [5.41, 5.74) is 0. The predicted molar refractivity (Wildman–Crippen MR) is 79.7 cm³/mol. The Bertz CT molecular complexity index is 219. The van der Waals surface area contributed by atoms with E-state index < -0.39 is 0 Å². The van der Waals surface area contributed by atoms with E-state index >= 15 is 0 Å². The molecular weight excluding hydrogens is 406 g/mol. The number of hydrogen-bond acceptors (Lipinski definition) is 2. The molecule has 0 spiro atoms. The average molecular weight is 424 g/mol. The average Bonchev–Trinajstić information content (AvgIpc) is 2.56. The number of carbonyl (C=O) groups is 1. The number of halogens is 2. The fourth-order valence-electron chi connectivity index (χ4n) is 1.09. The van der Waals surface area contributed by atoms with E-state index in [1.807, 2.05) is 14.1 Å². The molecule has 5 heteroatoms. The minimum atomic E-state index is 0.125. The van der Waals surface area contributed by atoms with Crippen LogP contribution in [0.5, 0.6) is 0 Å². The molecule has 84 valence electrons. The van der Waals surface area contributed by atoms with Crippen molar-refractivity contribution in [1.29, 1.82) is 0 Å². The molecule has 1 unspecified atom stereocenters. The van der Waals surface area contributed by atoms with Crippen LogP contribution in [-0.2, 0) is 4.79 Å². The monoisotopic (exact) mass is 424 g/mol. The molecule has 1 atom stereocenters. The Hall–Kier alpha value is 0.630. The molecule has 3 nitrogen and oxygen atoms in total. The Labute approximate surface area is 102 Å². The van der Waals surface area contributed by atoms with Gasteiger partial charge >= 0.3 is 103 Å². The van der Waals surface area contributed by atoms with Crippen molar-refractivity contribution in [3.8, 4) is 0 Å². The topological polar surface area (TPSA) is 32.3 Å². The third kappa shape index (κ3) is 5.50. The molecule has 1 N–H and O–H groups in total. The summed E-state index contributed by atoms with van der Waals surface area (Å²) < 4.78 is 2.80. The van der Waals surface area contributed by atoms with Crippen LogP contribution in [0.4, 0.5) is 0 Å². The molecule has 0 saturated carbocycles. The van der Waals surface area contributed by atoms with Crippen LogP contribution < -0.4 is 5.32 Å². The van der Waals surface area contributed by atoms with Crippen molar-refractivity contribution in [2.24, 2.45) is 0 Å². The first-order valence-electron chi connectivity index (χ1n) is 4.61. The number of nitrogens with zero attached hydrogens (tertiary/aromatic N) is 1. The predicted octanol–water partition coefficient (Wildman–Crippen LogP) is 1.62. The summed E-state index contributed by atoms with van der Waals surface area (Å²) in [6.07, 6.45) is 3.84. The summed E-state index contributed by atoms with van der Waals surface area (Å²) in [5, 5.41) is 3.10. The molecule has 0 aliphatic carbocycles. The van der Waals surface area contributed by atoms with E-state index in [9.17, 15) is 4.79 Å².